The predicted molar refractivity (Wildman–Crippen MR) is 78.5 cm³/mol. The Bertz CT molecular complexity index is 656. The summed E-state index contributed by atoms with van der Waals surface area (Å²) in [5.41, 5.74) is 1.46. The van der Waals surface area contributed by atoms with E-state index in [4.69, 9.17) is 9.47 Å². The van der Waals surface area contributed by atoms with Gasteiger partial charge in [-0.25, -0.2) is 0 Å². The van der Waals surface area contributed by atoms with Crippen LogP contribution in [0.1, 0.15) is 22.9 Å². The normalized spacial score (nSPS) is 13.0. The molecule has 0 saturated heterocycles. The van der Waals surface area contributed by atoms with Crippen LogP contribution in [0.5, 0.6) is 11.5 Å². The summed E-state index contributed by atoms with van der Waals surface area (Å²) >= 11 is 0. The van der Waals surface area contributed by atoms with Crippen molar-refractivity contribution in [3.8, 4) is 11.5 Å². The summed E-state index contributed by atoms with van der Waals surface area (Å²) in [6.45, 7) is 1.80. The molecule has 1 atom stereocenters. The van der Waals surface area contributed by atoms with Gasteiger partial charge < -0.3 is 9.47 Å². The van der Waals surface area contributed by atoms with E-state index in [1.165, 1.54) is 38.6 Å². The topological polar surface area (TPSA) is 59.2 Å². The second kappa shape index (κ2) is 6.91. The molecule has 1 heterocycles. The largest absolute Gasteiger partial charge is 0.493 e. The van der Waals surface area contributed by atoms with Crippen molar-refractivity contribution in [1.29, 1.82) is 0 Å². The third-order valence-corrected chi connectivity index (χ3v) is 3.50. The monoisotopic (exact) mass is 329 g/mol. The fraction of sp³-hybridized carbons (Fsp3) is 0.400. The second-order valence-corrected chi connectivity index (χ2v) is 4.99. The number of hydrogen-bond donors (Lipinski definition) is 2. The first-order valence-electron chi connectivity index (χ1n) is 6.87. The Hall–Kier alpha value is -2.22. The van der Waals surface area contributed by atoms with Crippen LogP contribution < -0.4 is 14.8 Å². The number of nitrogens with zero attached hydrogens (tertiary/aromatic N) is 1. The molecule has 23 heavy (non-hydrogen) atoms. The SMILES string of the molecule is COc1ccc(C(NCc2cn[nH]c2C)C(F)(F)F)cc1OC. The number of aryl methyl sites for hydroxylation is 1. The van der Waals surface area contributed by atoms with Crippen LogP contribution in [-0.4, -0.2) is 30.6 Å². The zero-order valence-electron chi connectivity index (χ0n) is 13.0. The Morgan fingerprint density at radius 1 is 1.22 bits per heavy atom. The highest BCUT2D eigenvalue weighted by Gasteiger charge is 2.40. The zero-order valence-corrected chi connectivity index (χ0v) is 13.0. The molecule has 0 spiro atoms. The molecule has 2 rings (SSSR count). The molecule has 126 valence electrons. The lowest BCUT2D eigenvalue weighted by Gasteiger charge is -2.23. The van der Waals surface area contributed by atoms with Crippen molar-refractivity contribution >= 4 is 0 Å². The van der Waals surface area contributed by atoms with E-state index >= 15 is 0 Å². The quantitative estimate of drug-likeness (QED) is 0.855. The minimum atomic E-state index is -4.45. The van der Waals surface area contributed by atoms with E-state index in [2.05, 4.69) is 15.5 Å². The van der Waals surface area contributed by atoms with Crippen LogP contribution >= 0.6 is 0 Å². The molecule has 8 heteroatoms. The lowest BCUT2D eigenvalue weighted by atomic mass is 10.0. The molecule has 5 nitrogen and oxygen atoms in total. The summed E-state index contributed by atoms with van der Waals surface area (Å²) < 4.78 is 50.3. The van der Waals surface area contributed by atoms with Gasteiger partial charge in [-0.1, -0.05) is 6.07 Å². The molecule has 0 fully saturated rings. The number of benzene rings is 1. The first kappa shape index (κ1) is 17.1. The first-order chi connectivity index (χ1) is 10.9. The van der Waals surface area contributed by atoms with Gasteiger partial charge in [0.2, 0.25) is 0 Å². The summed E-state index contributed by atoms with van der Waals surface area (Å²) in [7, 11) is 2.81. The van der Waals surface area contributed by atoms with E-state index in [1.807, 2.05) is 0 Å². The molecule has 0 aliphatic heterocycles. The van der Waals surface area contributed by atoms with Crippen molar-refractivity contribution < 1.29 is 22.6 Å². The number of H-pyrrole nitrogens is 1. The lowest BCUT2D eigenvalue weighted by Crippen LogP contribution is -2.33. The Morgan fingerprint density at radius 3 is 2.43 bits per heavy atom. The number of rotatable bonds is 6. The van der Waals surface area contributed by atoms with Crippen LogP contribution in [0.15, 0.2) is 24.4 Å². The van der Waals surface area contributed by atoms with E-state index < -0.39 is 12.2 Å². The van der Waals surface area contributed by atoms with Crippen molar-refractivity contribution in [2.45, 2.75) is 25.7 Å². The average Bonchev–Trinajstić information content (AvgIpc) is 2.91. The smallest absolute Gasteiger partial charge is 0.407 e. The van der Waals surface area contributed by atoms with Gasteiger partial charge in [-0.3, -0.25) is 10.4 Å². The standard InChI is InChI=1S/C15H18F3N3O2/c1-9-11(8-20-21-9)7-19-14(15(16,17)18)10-4-5-12(22-2)13(6-10)23-3/h4-6,8,14,19H,7H2,1-3H3,(H,20,21). The Morgan fingerprint density at radius 2 is 1.91 bits per heavy atom. The van der Waals surface area contributed by atoms with E-state index in [-0.39, 0.29) is 17.9 Å². The maximum absolute atomic E-state index is 13.4. The van der Waals surface area contributed by atoms with Crippen LogP contribution in [0.2, 0.25) is 0 Å². The minimum Gasteiger partial charge on any atom is -0.493 e. The number of hydrogen-bond acceptors (Lipinski definition) is 4. The number of aromatic amines is 1. The molecule has 1 aromatic heterocycles. The van der Waals surface area contributed by atoms with Crippen LogP contribution in [0, 0.1) is 6.92 Å². The first-order valence-corrected chi connectivity index (χ1v) is 6.87. The van der Waals surface area contributed by atoms with Gasteiger partial charge in [0.15, 0.2) is 11.5 Å². The number of ether oxygens (including phenoxy) is 2. The average molecular weight is 329 g/mol. The van der Waals surface area contributed by atoms with Crippen molar-refractivity contribution in [1.82, 2.24) is 15.5 Å². The maximum atomic E-state index is 13.4. The molecule has 2 N–H and O–H groups in total. The molecule has 0 aliphatic carbocycles. The summed E-state index contributed by atoms with van der Waals surface area (Å²) in [6.07, 6.45) is -2.94. The Kier molecular flexibility index (Phi) is 5.15. The Balaban J connectivity index is 2.26. The summed E-state index contributed by atoms with van der Waals surface area (Å²) in [4.78, 5) is 0. The highest BCUT2D eigenvalue weighted by Crippen LogP contribution is 2.37. The number of nitrogens with one attached hydrogen (secondary N) is 2. The van der Waals surface area contributed by atoms with Crippen molar-refractivity contribution in [2.75, 3.05) is 14.2 Å². The van der Waals surface area contributed by atoms with Gasteiger partial charge in [-0.05, 0) is 24.6 Å². The Labute approximate surface area is 131 Å². The third-order valence-electron chi connectivity index (χ3n) is 3.50. The van der Waals surface area contributed by atoms with Crippen LogP contribution in [0.3, 0.4) is 0 Å². The van der Waals surface area contributed by atoms with Crippen LogP contribution in [0.25, 0.3) is 0 Å². The highest BCUT2D eigenvalue weighted by atomic mass is 19.4. The molecule has 0 radical (unpaired) electrons. The third kappa shape index (κ3) is 3.95. The summed E-state index contributed by atoms with van der Waals surface area (Å²) in [5, 5.41) is 9.02. The highest BCUT2D eigenvalue weighted by molar-refractivity contribution is 5.44. The maximum Gasteiger partial charge on any atom is 0.407 e. The number of halogens is 3. The van der Waals surface area contributed by atoms with Gasteiger partial charge in [0.05, 0.1) is 20.4 Å². The lowest BCUT2D eigenvalue weighted by molar-refractivity contribution is -0.158. The fourth-order valence-corrected chi connectivity index (χ4v) is 2.22. The van der Waals surface area contributed by atoms with Gasteiger partial charge >= 0.3 is 6.18 Å². The van der Waals surface area contributed by atoms with Gasteiger partial charge in [0.25, 0.3) is 0 Å². The van der Waals surface area contributed by atoms with Gasteiger partial charge in [0, 0.05) is 17.8 Å². The molecule has 1 aromatic carbocycles. The minimum absolute atomic E-state index is 0.0425. The van der Waals surface area contributed by atoms with Crippen molar-refractivity contribution in [3.05, 3.63) is 41.2 Å². The van der Waals surface area contributed by atoms with Gasteiger partial charge in [0.1, 0.15) is 6.04 Å². The molecule has 2 aromatic rings. The zero-order chi connectivity index (χ0) is 17.0. The molecule has 0 saturated carbocycles. The number of aromatic nitrogens is 2. The summed E-state index contributed by atoms with van der Waals surface area (Å²) in [5.74, 6) is 0.628. The van der Waals surface area contributed by atoms with E-state index in [0.29, 0.717) is 11.3 Å². The molecule has 0 amide bonds. The van der Waals surface area contributed by atoms with E-state index in [9.17, 15) is 13.2 Å². The fourth-order valence-electron chi connectivity index (χ4n) is 2.22. The molecule has 1 unspecified atom stereocenters. The van der Waals surface area contributed by atoms with Crippen LogP contribution in [0.4, 0.5) is 13.2 Å². The van der Waals surface area contributed by atoms with Crippen LogP contribution in [-0.2, 0) is 6.54 Å². The molecule has 0 bridgehead atoms. The van der Waals surface area contributed by atoms with E-state index in [1.54, 1.807) is 6.92 Å². The number of methoxy groups -OCH3 is 2. The second-order valence-electron chi connectivity index (χ2n) is 4.99. The molecule has 0 aliphatic rings. The number of alkyl halides is 3. The molecular weight excluding hydrogens is 311 g/mol. The van der Waals surface area contributed by atoms with Crippen molar-refractivity contribution in [3.63, 3.8) is 0 Å². The van der Waals surface area contributed by atoms with E-state index in [0.717, 1.165) is 5.69 Å². The van der Waals surface area contributed by atoms with Gasteiger partial charge in [-0.2, -0.15) is 18.3 Å². The summed E-state index contributed by atoms with van der Waals surface area (Å²) in [6, 6.07) is 2.33. The van der Waals surface area contributed by atoms with Crippen molar-refractivity contribution in [2.24, 2.45) is 0 Å². The predicted octanol–water partition coefficient (Wildman–Crippen LogP) is 3.13. The molecular formula is C15H18F3N3O2. The van der Waals surface area contributed by atoms with Gasteiger partial charge in [-0.15, -0.1) is 0 Å².